The van der Waals surface area contributed by atoms with Gasteiger partial charge < -0.3 is 9.64 Å². The minimum Gasteiger partial charge on any atom is -0.381 e. The number of carbonyl (C=O) groups excluding carboxylic acids is 1. The van der Waals surface area contributed by atoms with E-state index >= 15 is 0 Å². The van der Waals surface area contributed by atoms with E-state index in [1.807, 2.05) is 37.4 Å². The molecule has 2 fully saturated rings. The lowest BCUT2D eigenvalue weighted by molar-refractivity contribution is 0.0732. The van der Waals surface area contributed by atoms with Gasteiger partial charge in [-0.25, -0.2) is 0 Å². The van der Waals surface area contributed by atoms with Crippen molar-refractivity contribution in [2.45, 2.75) is 44.2 Å². The van der Waals surface area contributed by atoms with Gasteiger partial charge >= 0.3 is 0 Å². The van der Waals surface area contributed by atoms with Crippen LogP contribution in [0.2, 0.25) is 0 Å². The van der Waals surface area contributed by atoms with Gasteiger partial charge in [-0.3, -0.25) is 4.79 Å². The van der Waals surface area contributed by atoms with Crippen LogP contribution in [0.1, 0.15) is 42.5 Å². The summed E-state index contributed by atoms with van der Waals surface area (Å²) in [4.78, 5) is 15.1. The van der Waals surface area contributed by atoms with Crippen molar-refractivity contribution in [2.24, 2.45) is 5.92 Å². The number of rotatable bonds is 4. The second-order valence-electron chi connectivity index (χ2n) is 6.37. The van der Waals surface area contributed by atoms with Crippen LogP contribution in [0, 0.1) is 5.92 Å². The van der Waals surface area contributed by atoms with Crippen LogP contribution in [0.3, 0.4) is 0 Å². The summed E-state index contributed by atoms with van der Waals surface area (Å²) >= 11 is 0. The number of ether oxygens (including phenoxy) is 1. The summed E-state index contributed by atoms with van der Waals surface area (Å²) in [6, 6.07) is 10.4. The molecule has 3 heteroatoms. The molecule has 3 nitrogen and oxygen atoms in total. The molecule has 1 aliphatic carbocycles. The number of benzene rings is 1. The SMILES string of the molecule is COC1CCC(N2CCC(C(=O)c3ccccc3)CC2)C1. The number of carbonyl (C=O) groups is 1. The zero-order valence-corrected chi connectivity index (χ0v) is 12.8. The molecule has 2 atom stereocenters. The fourth-order valence-corrected chi connectivity index (χ4v) is 3.83. The molecule has 0 radical (unpaired) electrons. The Balaban J connectivity index is 1.52. The lowest BCUT2D eigenvalue weighted by atomic mass is 9.88. The Kier molecular flexibility index (Phi) is 4.71. The van der Waals surface area contributed by atoms with Crippen molar-refractivity contribution in [1.29, 1.82) is 0 Å². The van der Waals surface area contributed by atoms with Crippen molar-refractivity contribution in [1.82, 2.24) is 4.90 Å². The number of hydrogen-bond acceptors (Lipinski definition) is 3. The van der Waals surface area contributed by atoms with E-state index in [1.54, 1.807) is 0 Å². The van der Waals surface area contributed by atoms with E-state index in [4.69, 9.17) is 4.74 Å². The van der Waals surface area contributed by atoms with Gasteiger partial charge in [-0.1, -0.05) is 30.3 Å². The van der Waals surface area contributed by atoms with Gasteiger partial charge in [0, 0.05) is 24.6 Å². The van der Waals surface area contributed by atoms with Crippen LogP contribution in [0.4, 0.5) is 0 Å². The molecule has 3 rings (SSSR count). The molecule has 2 aliphatic rings. The van der Waals surface area contributed by atoms with Crippen LogP contribution in [-0.4, -0.2) is 43.0 Å². The minimum atomic E-state index is 0.211. The van der Waals surface area contributed by atoms with E-state index in [0.29, 0.717) is 17.9 Å². The third-order valence-corrected chi connectivity index (χ3v) is 5.17. The lowest BCUT2D eigenvalue weighted by Crippen LogP contribution is -2.42. The van der Waals surface area contributed by atoms with Gasteiger partial charge in [-0.15, -0.1) is 0 Å². The van der Waals surface area contributed by atoms with Crippen molar-refractivity contribution in [3.8, 4) is 0 Å². The molecule has 0 spiro atoms. The summed E-state index contributed by atoms with van der Waals surface area (Å²) < 4.78 is 5.47. The first-order chi connectivity index (χ1) is 10.3. The normalized spacial score (nSPS) is 27.9. The summed E-state index contributed by atoms with van der Waals surface area (Å²) in [6.07, 6.45) is 6.04. The van der Waals surface area contributed by atoms with Crippen molar-refractivity contribution >= 4 is 5.78 Å². The maximum Gasteiger partial charge on any atom is 0.166 e. The van der Waals surface area contributed by atoms with Crippen molar-refractivity contribution < 1.29 is 9.53 Å². The molecule has 1 saturated carbocycles. The van der Waals surface area contributed by atoms with Gasteiger partial charge in [0.2, 0.25) is 0 Å². The van der Waals surface area contributed by atoms with Crippen molar-refractivity contribution in [2.75, 3.05) is 20.2 Å². The molecule has 1 heterocycles. The number of methoxy groups -OCH3 is 1. The first-order valence-electron chi connectivity index (χ1n) is 8.14. The Morgan fingerprint density at radius 3 is 2.43 bits per heavy atom. The molecule has 1 saturated heterocycles. The summed E-state index contributed by atoms with van der Waals surface area (Å²) in [5.74, 6) is 0.541. The summed E-state index contributed by atoms with van der Waals surface area (Å²) in [7, 11) is 1.82. The molecule has 1 aliphatic heterocycles. The van der Waals surface area contributed by atoms with Crippen molar-refractivity contribution in [3.63, 3.8) is 0 Å². The Morgan fingerprint density at radius 2 is 1.81 bits per heavy atom. The highest BCUT2D eigenvalue weighted by Crippen LogP contribution is 2.30. The molecule has 21 heavy (non-hydrogen) atoms. The first-order valence-corrected chi connectivity index (χ1v) is 8.14. The van der Waals surface area contributed by atoms with E-state index in [-0.39, 0.29) is 5.92 Å². The monoisotopic (exact) mass is 287 g/mol. The third kappa shape index (κ3) is 3.35. The van der Waals surface area contributed by atoms with Crippen LogP contribution in [0.25, 0.3) is 0 Å². The number of hydrogen-bond donors (Lipinski definition) is 0. The highest BCUT2D eigenvalue weighted by Gasteiger charge is 2.33. The van der Waals surface area contributed by atoms with Gasteiger partial charge in [0.05, 0.1) is 6.10 Å². The standard InChI is InChI=1S/C18H25NO2/c1-21-17-8-7-16(13-17)19-11-9-15(10-12-19)18(20)14-5-3-2-4-6-14/h2-6,15-17H,7-13H2,1H3. The zero-order chi connectivity index (χ0) is 14.7. The predicted octanol–water partition coefficient (Wildman–Crippen LogP) is 3.15. The molecule has 0 aromatic heterocycles. The third-order valence-electron chi connectivity index (χ3n) is 5.17. The van der Waals surface area contributed by atoms with E-state index < -0.39 is 0 Å². The topological polar surface area (TPSA) is 29.5 Å². The van der Waals surface area contributed by atoms with Crippen LogP contribution in [-0.2, 0) is 4.74 Å². The largest absolute Gasteiger partial charge is 0.381 e. The molecular weight excluding hydrogens is 262 g/mol. The maximum absolute atomic E-state index is 12.5. The number of nitrogens with zero attached hydrogens (tertiary/aromatic N) is 1. The number of piperidine rings is 1. The first kappa shape index (κ1) is 14.7. The van der Waals surface area contributed by atoms with Gasteiger partial charge in [0.1, 0.15) is 0 Å². The van der Waals surface area contributed by atoms with Gasteiger partial charge in [-0.05, 0) is 45.2 Å². The zero-order valence-electron chi connectivity index (χ0n) is 12.8. The molecule has 0 N–H and O–H groups in total. The molecule has 1 aromatic carbocycles. The second kappa shape index (κ2) is 6.71. The fourth-order valence-electron chi connectivity index (χ4n) is 3.83. The van der Waals surface area contributed by atoms with E-state index in [1.165, 1.54) is 12.8 Å². The highest BCUT2D eigenvalue weighted by molar-refractivity contribution is 5.97. The molecule has 0 bridgehead atoms. The molecule has 114 valence electrons. The van der Waals surface area contributed by atoms with Gasteiger partial charge in [-0.2, -0.15) is 0 Å². The van der Waals surface area contributed by atoms with Crippen molar-refractivity contribution in [3.05, 3.63) is 35.9 Å². The van der Waals surface area contributed by atoms with Crippen LogP contribution in [0.15, 0.2) is 30.3 Å². The average Bonchev–Trinajstić information content (AvgIpc) is 3.04. The fraction of sp³-hybridized carbons (Fsp3) is 0.611. The van der Waals surface area contributed by atoms with Crippen LogP contribution >= 0.6 is 0 Å². The summed E-state index contributed by atoms with van der Waals surface area (Å²) in [6.45, 7) is 2.12. The second-order valence-corrected chi connectivity index (χ2v) is 6.37. The van der Waals surface area contributed by atoms with E-state index in [2.05, 4.69) is 4.90 Å². The quantitative estimate of drug-likeness (QED) is 0.797. The Hall–Kier alpha value is -1.19. The Labute approximate surface area is 127 Å². The summed E-state index contributed by atoms with van der Waals surface area (Å²) in [5.41, 5.74) is 0.872. The summed E-state index contributed by atoms with van der Waals surface area (Å²) in [5, 5.41) is 0. The maximum atomic E-state index is 12.5. The van der Waals surface area contributed by atoms with Gasteiger partial charge in [0.25, 0.3) is 0 Å². The van der Waals surface area contributed by atoms with E-state index in [0.717, 1.165) is 37.9 Å². The smallest absolute Gasteiger partial charge is 0.166 e. The Morgan fingerprint density at radius 1 is 1.10 bits per heavy atom. The molecule has 2 unspecified atom stereocenters. The molecule has 0 amide bonds. The number of likely N-dealkylation sites (tertiary alicyclic amines) is 1. The lowest BCUT2D eigenvalue weighted by Gasteiger charge is -2.35. The minimum absolute atomic E-state index is 0.211. The molecular formula is C18H25NO2. The predicted molar refractivity (Wildman–Crippen MR) is 83.5 cm³/mol. The highest BCUT2D eigenvalue weighted by atomic mass is 16.5. The number of ketones is 1. The molecule has 1 aromatic rings. The average molecular weight is 287 g/mol. The van der Waals surface area contributed by atoms with Crippen LogP contribution in [0.5, 0.6) is 0 Å². The van der Waals surface area contributed by atoms with E-state index in [9.17, 15) is 4.79 Å². The van der Waals surface area contributed by atoms with Crippen LogP contribution < -0.4 is 0 Å². The van der Waals surface area contributed by atoms with Gasteiger partial charge in [0.15, 0.2) is 5.78 Å². The number of Topliss-reactive ketones (excluding diaryl/α,β-unsaturated/α-hetero) is 1. The Bertz CT molecular complexity index is 465.